The normalized spacial score (nSPS) is 29.7. The van der Waals surface area contributed by atoms with Gasteiger partial charge in [-0.1, -0.05) is 27.2 Å². The fraction of sp³-hybridized carbons (Fsp3) is 0.929. The molecule has 0 heterocycles. The van der Waals surface area contributed by atoms with Crippen LogP contribution in [0.2, 0.25) is 0 Å². The van der Waals surface area contributed by atoms with Crippen LogP contribution in [0.15, 0.2) is 0 Å². The topological polar surface area (TPSA) is 55.1 Å². The second-order valence-corrected chi connectivity index (χ2v) is 7.27. The van der Waals surface area contributed by atoms with Crippen LogP contribution < -0.4 is 11.1 Å². The lowest BCUT2D eigenvalue weighted by atomic mass is 9.84. The Morgan fingerprint density at radius 1 is 1.50 bits per heavy atom. The van der Waals surface area contributed by atoms with E-state index in [-0.39, 0.29) is 5.91 Å². The molecule has 3 atom stereocenters. The predicted molar refractivity (Wildman–Crippen MR) is 79.7 cm³/mol. The molecule has 3 N–H and O–H groups in total. The molecule has 0 saturated heterocycles. The van der Waals surface area contributed by atoms with E-state index in [9.17, 15) is 4.79 Å². The largest absolute Gasteiger partial charge is 0.368 e. The van der Waals surface area contributed by atoms with Crippen LogP contribution in [0.25, 0.3) is 0 Å². The average Bonchev–Trinajstić information content (AvgIpc) is 2.73. The molecule has 0 aromatic carbocycles. The third kappa shape index (κ3) is 3.41. The summed E-state index contributed by atoms with van der Waals surface area (Å²) in [5, 5.41) is 3.89. The van der Waals surface area contributed by atoms with Crippen molar-refractivity contribution < 1.29 is 4.79 Å². The molecule has 3 nitrogen and oxygen atoms in total. The van der Waals surface area contributed by atoms with E-state index >= 15 is 0 Å². The van der Waals surface area contributed by atoms with Gasteiger partial charge < -0.3 is 11.1 Å². The summed E-state index contributed by atoms with van der Waals surface area (Å²) in [6.45, 7) is 6.80. The predicted octanol–water partition coefficient (Wildman–Crippen LogP) is 2.40. The van der Waals surface area contributed by atoms with Crippen molar-refractivity contribution in [3.8, 4) is 0 Å². The molecule has 1 rings (SSSR count). The van der Waals surface area contributed by atoms with Gasteiger partial charge in [0, 0.05) is 5.25 Å². The molecule has 1 aliphatic carbocycles. The summed E-state index contributed by atoms with van der Waals surface area (Å²) in [6.07, 6.45) is 4.22. The molecule has 0 radical (unpaired) electrons. The Labute approximate surface area is 116 Å². The van der Waals surface area contributed by atoms with E-state index in [1.165, 1.54) is 0 Å². The van der Waals surface area contributed by atoms with E-state index in [0.29, 0.717) is 17.1 Å². The summed E-state index contributed by atoms with van der Waals surface area (Å²) >= 11 is 2.01. The van der Waals surface area contributed by atoms with Crippen molar-refractivity contribution in [2.24, 2.45) is 17.6 Å². The third-order valence-electron chi connectivity index (χ3n) is 4.49. The van der Waals surface area contributed by atoms with Crippen LogP contribution in [-0.4, -0.2) is 29.5 Å². The minimum absolute atomic E-state index is 0.172. The smallest absolute Gasteiger partial charge is 0.238 e. The van der Waals surface area contributed by atoms with Crippen LogP contribution in [0.4, 0.5) is 0 Å². The zero-order valence-electron chi connectivity index (χ0n) is 12.2. The number of thioether (sulfide) groups is 1. The van der Waals surface area contributed by atoms with Gasteiger partial charge in [0.15, 0.2) is 0 Å². The number of likely N-dealkylation sites (N-methyl/N-ethyl adjacent to an activating group) is 1. The molecule has 4 heteroatoms. The molecule has 0 bridgehead atoms. The van der Waals surface area contributed by atoms with Crippen LogP contribution in [0.5, 0.6) is 0 Å². The third-order valence-corrected chi connectivity index (χ3v) is 6.03. The summed E-state index contributed by atoms with van der Waals surface area (Å²) in [5.41, 5.74) is 5.16. The standard InChI is InChI=1S/C14H28N2OS/c1-10(2)11(3)18-9-7-12-6-5-8-14(12,16-4)13(15)17/h10-12,16H,5-9H2,1-4H3,(H2,15,17). The summed E-state index contributed by atoms with van der Waals surface area (Å²) in [6, 6.07) is 0. The zero-order valence-corrected chi connectivity index (χ0v) is 13.0. The number of nitrogens with one attached hydrogen (secondary N) is 1. The van der Waals surface area contributed by atoms with Gasteiger partial charge in [0.2, 0.25) is 5.91 Å². The molecule has 1 saturated carbocycles. The van der Waals surface area contributed by atoms with Gasteiger partial charge in [0.1, 0.15) is 5.54 Å². The van der Waals surface area contributed by atoms with Crippen LogP contribution >= 0.6 is 11.8 Å². The Morgan fingerprint density at radius 2 is 2.17 bits per heavy atom. The molecule has 0 spiro atoms. The lowest BCUT2D eigenvalue weighted by Crippen LogP contribution is -2.56. The van der Waals surface area contributed by atoms with Crippen molar-refractivity contribution in [2.45, 2.75) is 57.2 Å². The molecule has 1 amide bonds. The van der Waals surface area contributed by atoms with Crippen LogP contribution in [-0.2, 0) is 4.79 Å². The van der Waals surface area contributed by atoms with Gasteiger partial charge in [-0.15, -0.1) is 0 Å². The van der Waals surface area contributed by atoms with Gasteiger partial charge in [-0.05, 0) is 43.9 Å². The Bertz CT molecular complexity index is 283. The molecule has 0 aromatic heterocycles. The highest BCUT2D eigenvalue weighted by molar-refractivity contribution is 7.99. The maximum absolute atomic E-state index is 11.7. The van der Waals surface area contributed by atoms with Gasteiger partial charge in [0.25, 0.3) is 0 Å². The Hall–Kier alpha value is -0.220. The fourth-order valence-electron chi connectivity index (χ4n) is 2.83. The molecule has 106 valence electrons. The number of hydrogen-bond acceptors (Lipinski definition) is 3. The van der Waals surface area contributed by atoms with Crippen LogP contribution in [0, 0.1) is 11.8 Å². The fourth-order valence-corrected chi connectivity index (χ4v) is 4.01. The first-order valence-electron chi connectivity index (χ1n) is 7.04. The Balaban J connectivity index is 2.48. The van der Waals surface area contributed by atoms with Gasteiger partial charge in [-0.3, -0.25) is 4.79 Å². The van der Waals surface area contributed by atoms with E-state index in [1.54, 1.807) is 0 Å². The number of nitrogens with two attached hydrogens (primary N) is 1. The summed E-state index contributed by atoms with van der Waals surface area (Å²) in [4.78, 5) is 11.7. The van der Waals surface area contributed by atoms with Gasteiger partial charge in [-0.2, -0.15) is 11.8 Å². The number of amides is 1. The molecule has 3 unspecified atom stereocenters. The zero-order chi connectivity index (χ0) is 13.8. The summed E-state index contributed by atoms with van der Waals surface area (Å²) in [5.74, 6) is 2.07. The van der Waals surface area contributed by atoms with E-state index in [0.717, 1.165) is 31.4 Å². The second kappa shape index (κ2) is 6.80. The summed E-state index contributed by atoms with van der Waals surface area (Å²) < 4.78 is 0. The molecule has 0 aliphatic heterocycles. The quantitative estimate of drug-likeness (QED) is 0.748. The maximum atomic E-state index is 11.7. The van der Waals surface area contributed by atoms with Crippen molar-refractivity contribution >= 4 is 17.7 Å². The minimum atomic E-state index is -0.443. The van der Waals surface area contributed by atoms with Crippen molar-refractivity contribution in [3.05, 3.63) is 0 Å². The highest BCUT2D eigenvalue weighted by Crippen LogP contribution is 2.38. The molecular weight excluding hydrogens is 244 g/mol. The molecule has 1 fully saturated rings. The van der Waals surface area contributed by atoms with Crippen molar-refractivity contribution in [1.82, 2.24) is 5.32 Å². The lowest BCUT2D eigenvalue weighted by Gasteiger charge is -2.32. The molecule has 18 heavy (non-hydrogen) atoms. The highest BCUT2D eigenvalue weighted by Gasteiger charge is 2.45. The average molecular weight is 272 g/mol. The van der Waals surface area contributed by atoms with Crippen LogP contribution in [0.3, 0.4) is 0 Å². The minimum Gasteiger partial charge on any atom is -0.368 e. The number of rotatable bonds is 7. The first kappa shape index (κ1) is 15.8. The van der Waals surface area contributed by atoms with Crippen molar-refractivity contribution in [2.75, 3.05) is 12.8 Å². The number of primary amides is 1. The molecule has 0 aromatic rings. The first-order chi connectivity index (χ1) is 8.44. The van der Waals surface area contributed by atoms with Crippen LogP contribution in [0.1, 0.15) is 46.5 Å². The van der Waals surface area contributed by atoms with E-state index in [1.807, 2.05) is 18.8 Å². The molecule has 1 aliphatic rings. The second-order valence-electron chi connectivity index (χ2n) is 5.78. The lowest BCUT2D eigenvalue weighted by molar-refractivity contribution is -0.125. The van der Waals surface area contributed by atoms with Gasteiger partial charge >= 0.3 is 0 Å². The molecular formula is C14H28N2OS. The monoisotopic (exact) mass is 272 g/mol. The summed E-state index contributed by atoms with van der Waals surface area (Å²) in [7, 11) is 1.87. The number of carbonyl (C=O) groups excluding carboxylic acids is 1. The first-order valence-corrected chi connectivity index (χ1v) is 8.09. The number of carbonyl (C=O) groups is 1. The Morgan fingerprint density at radius 3 is 2.67 bits per heavy atom. The number of hydrogen-bond donors (Lipinski definition) is 2. The van der Waals surface area contributed by atoms with E-state index < -0.39 is 5.54 Å². The van der Waals surface area contributed by atoms with Crippen molar-refractivity contribution in [3.63, 3.8) is 0 Å². The van der Waals surface area contributed by atoms with E-state index in [2.05, 4.69) is 26.1 Å². The maximum Gasteiger partial charge on any atom is 0.238 e. The van der Waals surface area contributed by atoms with Crippen molar-refractivity contribution in [1.29, 1.82) is 0 Å². The van der Waals surface area contributed by atoms with E-state index in [4.69, 9.17) is 5.73 Å². The highest BCUT2D eigenvalue weighted by atomic mass is 32.2. The Kier molecular flexibility index (Phi) is 5.99. The van der Waals surface area contributed by atoms with Gasteiger partial charge in [-0.25, -0.2) is 0 Å². The van der Waals surface area contributed by atoms with Gasteiger partial charge in [0.05, 0.1) is 0 Å². The SMILES string of the molecule is CNC1(C(N)=O)CCCC1CCSC(C)C(C)C.